The van der Waals surface area contributed by atoms with Crippen LogP contribution in [0.3, 0.4) is 0 Å². The summed E-state index contributed by atoms with van der Waals surface area (Å²) in [6.45, 7) is 8.41. The average Bonchev–Trinajstić information content (AvgIpc) is 3.12. The van der Waals surface area contributed by atoms with Gasteiger partial charge in [0, 0.05) is 11.3 Å². The highest BCUT2D eigenvalue weighted by molar-refractivity contribution is 7.99. The molecule has 1 saturated heterocycles. The Morgan fingerprint density at radius 1 is 1.17 bits per heavy atom. The summed E-state index contributed by atoms with van der Waals surface area (Å²) in [6.07, 6.45) is 0. The van der Waals surface area contributed by atoms with Gasteiger partial charge >= 0.3 is 5.97 Å². The lowest BCUT2D eigenvalue weighted by molar-refractivity contribution is -0.147. The van der Waals surface area contributed by atoms with Crippen LogP contribution in [0.4, 0.5) is 4.39 Å². The summed E-state index contributed by atoms with van der Waals surface area (Å²) in [5, 5.41) is -0.339. The molecule has 0 saturated carbocycles. The standard InChI is InChI=1S/C23H26FNO3S/c1-5-28-22(27)19-14-29-21(15-9-11-17(12-10-15)23(2,3)4)25(19)20(26)16-7-6-8-18(24)13-16/h6-13,19,21H,5,14H2,1-4H3. The number of nitrogens with zero attached hydrogens (tertiary/aromatic N) is 1. The fourth-order valence-electron chi connectivity index (χ4n) is 3.35. The molecule has 6 heteroatoms. The van der Waals surface area contributed by atoms with Gasteiger partial charge in [-0.1, -0.05) is 51.1 Å². The van der Waals surface area contributed by atoms with Crippen molar-refractivity contribution in [3.63, 3.8) is 0 Å². The quantitative estimate of drug-likeness (QED) is 0.664. The lowest BCUT2D eigenvalue weighted by Gasteiger charge is -2.29. The van der Waals surface area contributed by atoms with Gasteiger partial charge in [0.15, 0.2) is 0 Å². The third kappa shape index (κ3) is 4.64. The molecule has 0 N–H and O–H groups in total. The van der Waals surface area contributed by atoms with Crippen molar-refractivity contribution >= 4 is 23.6 Å². The lowest BCUT2D eigenvalue weighted by Crippen LogP contribution is -2.43. The number of esters is 1. The van der Waals surface area contributed by atoms with Gasteiger partial charge in [-0.3, -0.25) is 4.79 Å². The Hall–Kier alpha value is -2.34. The van der Waals surface area contributed by atoms with E-state index in [4.69, 9.17) is 4.74 Å². The normalized spacial score (nSPS) is 19.3. The third-order valence-electron chi connectivity index (χ3n) is 4.93. The Morgan fingerprint density at radius 3 is 2.45 bits per heavy atom. The number of carbonyl (C=O) groups is 2. The summed E-state index contributed by atoms with van der Waals surface area (Å²) in [5.41, 5.74) is 2.36. The van der Waals surface area contributed by atoms with Crippen molar-refractivity contribution in [3.8, 4) is 0 Å². The van der Waals surface area contributed by atoms with E-state index < -0.39 is 17.8 Å². The highest BCUT2D eigenvalue weighted by atomic mass is 32.2. The summed E-state index contributed by atoms with van der Waals surface area (Å²) in [5.74, 6) is -0.858. The van der Waals surface area contributed by atoms with Gasteiger partial charge in [0.05, 0.1) is 6.61 Å². The van der Waals surface area contributed by atoms with Gasteiger partial charge in [-0.25, -0.2) is 9.18 Å². The van der Waals surface area contributed by atoms with Crippen molar-refractivity contribution in [1.29, 1.82) is 0 Å². The summed E-state index contributed by atoms with van der Waals surface area (Å²) >= 11 is 1.52. The highest BCUT2D eigenvalue weighted by Crippen LogP contribution is 2.43. The zero-order valence-corrected chi connectivity index (χ0v) is 18.0. The monoisotopic (exact) mass is 415 g/mol. The Kier molecular flexibility index (Phi) is 6.32. The van der Waals surface area contributed by atoms with Gasteiger partial charge in [0.25, 0.3) is 5.91 Å². The number of thioether (sulfide) groups is 1. The Labute approximate surface area is 175 Å². The molecule has 3 rings (SSSR count). The van der Waals surface area contributed by atoms with Crippen LogP contribution in [0.1, 0.15) is 54.6 Å². The Balaban J connectivity index is 1.96. The largest absolute Gasteiger partial charge is 0.464 e. The molecule has 0 aliphatic carbocycles. The van der Waals surface area contributed by atoms with Gasteiger partial charge in [-0.05, 0) is 41.7 Å². The maximum absolute atomic E-state index is 13.7. The fraction of sp³-hybridized carbons (Fsp3) is 0.391. The SMILES string of the molecule is CCOC(=O)C1CSC(c2ccc(C(C)(C)C)cc2)N1C(=O)c1cccc(F)c1. The maximum Gasteiger partial charge on any atom is 0.329 e. The molecule has 0 aromatic heterocycles. The molecule has 1 fully saturated rings. The number of halogens is 1. The minimum Gasteiger partial charge on any atom is -0.464 e. The average molecular weight is 416 g/mol. The molecule has 154 valence electrons. The summed E-state index contributed by atoms with van der Waals surface area (Å²) in [4.78, 5) is 27.3. The van der Waals surface area contributed by atoms with E-state index in [2.05, 4.69) is 32.9 Å². The van der Waals surface area contributed by atoms with Crippen LogP contribution in [0.2, 0.25) is 0 Å². The fourth-order valence-corrected chi connectivity index (χ4v) is 4.76. The second kappa shape index (κ2) is 8.57. The maximum atomic E-state index is 13.7. The molecule has 1 heterocycles. The minimum absolute atomic E-state index is 0.0197. The van der Waals surface area contributed by atoms with Crippen LogP contribution in [0.15, 0.2) is 48.5 Å². The van der Waals surface area contributed by atoms with Crippen LogP contribution >= 0.6 is 11.8 Å². The number of amides is 1. The van der Waals surface area contributed by atoms with Crippen LogP contribution in [-0.2, 0) is 14.9 Å². The van der Waals surface area contributed by atoms with Crippen molar-refractivity contribution in [3.05, 3.63) is 71.0 Å². The van der Waals surface area contributed by atoms with E-state index in [0.29, 0.717) is 5.75 Å². The van der Waals surface area contributed by atoms with Gasteiger partial charge < -0.3 is 9.64 Å². The smallest absolute Gasteiger partial charge is 0.329 e. The Morgan fingerprint density at radius 2 is 1.86 bits per heavy atom. The molecule has 0 bridgehead atoms. The van der Waals surface area contributed by atoms with Crippen LogP contribution in [0.5, 0.6) is 0 Å². The molecule has 4 nitrogen and oxygen atoms in total. The number of carbonyl (C=O) groups excluding carboxylic acids is 2. The van der Waals surface area contributed by atoms with Crippen LogP contribution in [0, 0.1) is 5.82 Å². The van der Waals surface area contributed by atoms with Crippen molar-refractivity contribution in [2.24, 2.45) is 0 Å². The van der Waals surface area contributed by atoms with Crippen molar-refractivity contribution in [2.45, 2.75) is 44.5 Å². The molecule has 29 heavy (non-hydrogen) atoms. The van der Waals surface area contributed by atoms with Crippen molar-refractivity contribution in [2.75, 3.05) is 12.4 Å². The van der Waals surface area contributed by atoms with Gasteiger partial charge in [0.1, 0.15) is 17.2 Å². The van der Waals surface area contributed by atoms with E-state index in [0.717, 1.165) is 5.56 Å². The number of ether oxygens (including phenoxy) is 1. The molecule has 1 aliphatic heterocycles. The number of hydrogen-bond acceptors (Lipinski definition) is 4. The third-order valence-corrected chi connectivity index (χ3v) is 6.25. The molecule has 0 radical (unpaired) electrons. The van der Waals surface area contributed by atoms with E-state index in [1.54, 1.807) is 13.0 Å². The van der Waals surface area contributed by atoms with Crippen LogP contribution in [0.25, 0.3) is 0 Å². The van der Waals surface area contributed by atoms with E-state index >= 15 is 0 Å². The summed E-state index contributed by atoms with van der Waals surface area (Å²) in [7, 11) is 0. The van der Waals surface area contributed by atoms with E-state index in [1.807, 2.05) is 12.1 Å². The second-order valence-electron chi connectivity index (χ2n) is 8.05. The van der Waals surface area contributed by atoms with E-state index in [1.165, 1.54) is 40.4 Å². The summed E-state index contributed by atoms with van der Waals surface area (Å²) in [6, 6.07) is 13.0. The molecule has 2 aromatic carbocycles. The zero-order valence-electron chi connectivity index (χ0n) is 17.1. The number of hydrogen-bond donors (Lipinski definition) is 0. The topological polar surface area (TPSA) is 46.6 Å². The molecular formula is C23H26FNO3S. The Bertz CT molecular complexity index is 892. The molecule has 2 atom stereocenters. The van der Waals surface area contributed by atoms with Crippen LogP contribution in [-0.4, -0.2) is 35.2 Å². The first-order chi connectivity index (χ1) is 13.7. The van der Waals surface area contributed by atoms with Gasteiger partial charge in [-0.15, -0.1) is 11.8 Å². The lowest BCUT2D eigenvalue weighted by atomic mass is 9.86. The summed E-state index contributed by atoms with van der Waals surface area (Å²) < 4.78 is 18.9. The predicted molar refractivity (Wildman–Crippen MR) is 113 cm³/mol. The molecule has 0 spiro atoms. The van der Waals surface area contributed by atoms with Crippen molar-refractivity contribution in [1.82, 2.24) is 4.90 Å². The minimum atomic E-state index is -0.706. The number of benzene rings is 2. The first-order valence-corrected chi connectivity index (χ1v) is 10.7. The molecule has 1 amide bonds. The van der Waals surface area contributed by atoms with E-state index in [-0.39, 0.29) is 28.9 Å². The van der Waals surface area contributed by atoms with Crippen LogP contribution < -0.4 is 0 Å². The number of rotatable bonds is 4. The molecule has 2 unspecified atom stereocenters. The van der Waals surface area contributed by atoms with E-state index in [9.17, 15) is 14.0 Å². The zero-order chi connectivity index (χ0) is 21.2. The first kappa shape index (κ1) is 21.4. The molecule has 1 aliphatic rings. The predicted octanol–water partition coefficient (Wildman–Crippen LogP) is 4.94. The highest BCUT2D eigenvalue weighted by Gasteiger charge is 2.43. The van der Waals surface area contributed by atoms with Gasteiger partial charge in [-0.2, -0.15) is 0 Å². The van der Waals surface area contributed by atoms with Gasteiger partial charge in [0.2, 0.25) is 0 Å². The second-order valence-corrected chi connectivity index (χ2v) is 9.16. The first-order valence-electron chi connectivity index (χ1n) is 9.69. The van der Waals surface area contributed by atoms with Crippen molar-refractivity contribution < 1.29 is 18.7 Å². The molecule has 2 aromatic rings. The molecular weight excluding hydrogens is 389 g/mol.